The third-order valence-corrected chi connectivity index (χ3v) is 4.47. The van der Waals surface area contributed by atoms with Gasteiger partial charge in [0, 0.05) is 11.1 Å². The Bertz CT molecular complexity index is 1030. The molecule has 162 valence electrons. The summed E-state index contributed by atoms with van der Waals surface area (Å²) in [6, 6.07) is 21.2. The molecule has 0 amide bonds. The average Bonchev–Trinajstić information content (AvgIpc) is 2.81. The van der Waals surface area contributed by atoms with Gasteiger partial charge in [0.1, 0.15) is 0 Å². The van der Waals surface area contributed by atoms with E-state index in [1.807, 2.05) is 0 Å². The van der Waals surface area contributed by atoms with E-state index in [2.05, 4.69) is 0 Å². The van der Waals surface area contributed by atoms with Gasteiger partial charge in [-0.1, -0.05) is 72.8 Å². The topological polar surface area (TPSA) is 127 Å². The van der Waals surface area contributed by atoms with Gasteiger partial charge in [0.15, 0.2) is 0 Å². The molecule has 0 unspecified atom stereocenters. The van der Waals surface area contributed by atoms with E-state index in [0.29, 0.717) is 0 Å². The highest BCUT2D eigenvalue weighted by atomic mass is 16.6. The van der Waals surface area contributed by atoms with Crippen LogP contribution in [0.25, 0.3) is 0 Å². The number of hydrogen-bond donors (Lipinski definition) is 2. The normalized spacial score (nSPS) is 12.2. The minimum absolute atomic E-state index is 0.239. The lowest BCUT2D eigenvalue weighted by Crippen LogP contribution is -2.23. The zero-order valence-electron chi connectivity index (χ0n) is 16.6. The molecule has 0 aliphatic heterocycles. The fourth-order valence-corrected chi connectivity index (χ4v) is 2.96. The monoisotopic (exact) mass is 434 g/mol. The van der Waals surface area contributed by atoms with Crippen molar-refractivity contribution in [2.24, 2.45) is 0 Å². The predicted octanol–water partition coefficient (Wildman–Crippen LogP) is 3.65. The van der Waals surface area contributed by atoms with Gasteiger partial charge in [0.25, 0.3) is 0 Å². The molecule has 2 atom stereocenters. The molecule has 0 fully saturated rings. The highest BCUT2D eigenvalue weighted by molar-refractivity contribution is 6.04. The van der Waals surface area contributed by atoms with Gasteiger partial charge in [-0.25, -0.2) is 19.2 Å². The maximum absolute atomic E-state index is 12.7. The van der Waals surface area contributed by atoms with Crippen molar-refractivity contribution in [3.8, 4) is 0 Å². The zero-order valence-corrected chi connectivity index (χ0v) is 16.6. The van der Waals surface area contributed by atoms with Crippen molar-refractivity contribution in [2.75, 3.05) is 0 Å². The van der Waals surface area contributed by atoms with E-state index in [9.17, 15) is 29.4 Å². The third-order valence-electron chi connectivity index (χ3n) is 4.47. The Morgan fingerprint density at radius 3 is 1.16 bits per heavy atom. The molecule has 0 aromatic heterocycles. The van der Waals surface area contributed by atoms with Crippen LogP contribution in [0.1, 0.15) is 44.1 Å². The van der Waals surface area contributed by atoms with Crippen LogP contribution >= 0.6 is 0 Å². The summed E-state index contributed by atoms with van der Waals surface area (Å²) in [5, 5.41) is 18.9. The second-order valence-corrected chi connectivity index (χ2v) is 6.61. The number of carbonyl (C=O) groups is 4. The first-order chi connectivity index (χ1) is 15.4. The van der Waals surface area contributed by atoms with E-state index >= 15 is 0 Å². The van der Waals surface area contributed by atoms with Crippen LogP contribution in [-0.4, -0.2) is 34.1 Å². The number of carbonyl (C=O) groups excluding carboxylic acids is 2. The maximum atomic E-state index is 12.7. The van der Waals surface area contributed by atoms with Gasteiger partial charge in [0.05, 0.1) is 11.1 Å². The van der Waals surface area contributed by atoms with Gasteiger partial charge in [0.2, 0.25) is 12.2 Å². The quantitative estimate of drug-likeness (QED) is 0.514. The Balaban J connectivity index is 1.86. The first-order valence-corrected chi connectivity index (χ1v) is 9.45. The second kappa shape index (κ2) is 10.0. The van der Waals surface area contributed by atoms with Gasteiger partial charge >= 0.3 is 23.9 Å². The number of rotatable bonds is 8. The molecule has 32 heavy (non-hydrogen) atoms. The van der Waals surface area contributed by atoms with Crippen molar-refractivity contribution in [2.45, 2.75) is 12.2 Å². The SMILES string of the molecule is O=C(O[C@H](C(=O)O)c1ccccc1)c1ccccc1C(=O)O[C@H](C(=O)O)c1ccccc1. The van der Waals surface area contributed by atoms with Gasteiger partial charge in [-0.3, -0.25) is 0 Å². The van der Waals surface area contributed by atoms with Crippen LogP contribution in [-0.2, 0) is 19.1 Å². The van der Waals surface area contributed by atoms with Crippen LogP contribution in [0.15, 0.2) is 84.9 Å². The number of carboxylic acids is 2. The highest BCUT2D eigenvalue weighted by Gasteiger charge is 2.30. The summed E-state index contributed by atoms with van der Waals surface area (Å²) < 4.78 is 10.3. The van der Waals surface area contributed by atoms with Gasteiger partial charge < -0.3 is 19.7 Å². The molecule has 2 N–H and O–H groups in total. The molecule has 0 aliphatic carbocycles. The van der Waals surface area contributed by atoms with Crippen molar-refractivity contribution < 1.29 is 38.9 Å². The zero-order chi connectivity index (χ0) is 23.1. The molecule has 8 nitrogen and oxygen atoms in total. The van der Waals surface area contributed by atoms with Gasteiger partial charge in [-0.2, -0.15) is 0 Å². The lowest BCUT2D eigenvalue weighted by Gasteiger charge is -2.17. The number of carboxylic acid groups (broad SMARTS) is 2. The summed E-state index contributed by atoms with van der Waals surface area (Å²) in [6.07, 6.45) is -3.19. The average molecular weight is 434 g/mol. The van der Waals surface area contributed by atoms with Crippen LogP contribution in [0.5, 0.6) is 0 Å². The number of benzene rings is 3. The maximum Gasteiger partial charge on any atom is 0.349 e. The molecule has 0 bridgehead atoms. The highest BCUT2D eigenvalue weighted by Crippen LogP contribution is 2.24. The minimum Gasteiger partial charge on any atom is -0.478 e. The molecule has 0 saturated heterocycles. The summed E-state index contributed by atoms with van der Waals surface area (Å²) in [7, 11) is 0. The Hall–Kier alpha value is -4.46. The van der Waals surface area contributed by atoms with E-state index in [0.717, 1.165) is 0 Å². The Morgan fingerprint density at radius 1 is 0.531 bits per heavy atom. The molecule has 8 heteroatoms. The Labute approximate surface area is 182 Å². The third kappa shape index (κ3) is 5.17. The smallest absolute Gasteiger partial charge is 0.349 e. The fourth-order valence-electron chi connectivity index (χ4n) is 2.96. The van der Waals surface area contributed by atoms with Crippen molar-refractivity contribution in [3.05, 3.63) is 107 Å². The second-order valence-electron chi connectivity index (χ2n) is 6.61. The first kappa shape index (κ1) is 22.2. The van der Waals surface area contributed by atoms with E-state index in [1.54, 1.807) is 36.4 Å². The van der Waals surface area contributed by atoms with Crippen LogP contribution < -0.4 is 0 Å². The molecular weight excluding hydrogens is 416 g/mol. The first-order valence-electron chi connectivity index (χ1n) is 9.45. The van der Waals surface area contributed by atoms with Crippen LogP contribution in [0.2, 0.25) is 0 Å². The molecule has 3 aromatic rings. The molecule has 0 saturated carbocycles. The fraction of sp³-hybridized carbons (Fsp3) is 0.0833. The van der Waals surface area contributed by atoms with E-state index in [4.69, 9.17) is 9.47 Å². The number of aliphatic carboxylic acids is 2. The molecular formula is C24H18O8. The number of esters is 2. The Morgan fingerprint density at radius 2 is 0.844 bits per heavy atom. The number of hydrogen-bond acceptors (Lipinski definition) is 6. The van der Waals surface area contributed by atoms with E-state index in [1.165, 1.54) is 48.5 Å². The molecule has 0 spiro atoms. The lowest BCUT2D eigenvalue weighted by molar-refractivity contribution is -0.148. The van der Waals surface area contributed by atoms with Crippen molar-refractivity contribution >= 4 is 23.9 Å². The molecule has 3 rings (SSSR count). The van der Waals surface area contributed by atoms with Crippen LogP contribution in [0.4, 0.5) is 0 Å². The number of ether oxygens (including phenoxy) is 2. The van der Waals surface area contributed by atoms with Gasteiger partial charge in [-0.05, 0) is 12.1 Å². The predicted molar refractivity (Wildman–Crippen MR) is 111 cm³/mol. The Kier molecular flexibility index (Phi) is 6.97. The standard InChI is InChI=1S/C24H18O8/c25-21(26)19(15-9-3-1-4-10-15)31-23(29)17-13-7-8-14-18(17)24(30)32-20(22(27)28)16-11-5-2-6-12-16/h1-14,19-20H,(H,25,26)(H,27,28)/t19-,20-/m0/s1. The summed E-state index contributed by atoms with van der Waals surface area (Å²) in [4.78, 5) is 48.7. The van der Waals surface area contributed by atoms with E-state index < -0.39 is 36.1 Å². The van der Waals surface area contributed by atoms with Crippen LogP contribution in [0.3, 0.4) is 0 Å². The van der Waals surface area contributed by atoms with Crippen molar-refractivity contribution in [1.82, 2.24) is 0 Å². The molecule has 0 radical (unpaired) electrons. The summed E-state index contributed by atoms with van der Waals surface area (Å²) in [5.41, 5.74) is -0.0272. The summed E-state index contributed by atoms with van der Waals surface area (Å²) in [6.45, 7) is 0. The van der Waals surface area contributed by atoms with Crippen molar-refractivity contribution in [1.29, 1.82) is 0 Å². The lowest BCUT2D eigenvalue weighted by atomic mass is 10.1. The molecule has 3 aromatic carbocycles. The van der Waals surface area contributed by atoms with Crippen LogP contribution in [0, 0.1) is 0 Å². The van der Waals surface area contributed by atoms with E-state index in [-0.39, 0.29) is 22.3 Å². The summed E-state index contributed by atoms with van der Waals surface area (Å²) >= 11 is 0. The van der Waals surface area contributed by atoms with Crippen molar-refractivity contribution in [3.63, 3.8) is 0 Å². The minimum atomic E-state index is -1.59. The molecule has 0 heterocycles. The summed E-state index contributed by atoms with van der Waals surface area (Å²) in [5.74, 6) is -4.92. The largest absolute Gasteiger partial charge is 0.478 e. The molecule has 0 aliphatic rings. The van der Waals surface area contributed by atoms with Gasteiger partial charge in [-0.15, -0.1) is 0 Å².